The van der Waals surface area contributed by atoms with Crippen molar-refractivity contribution in [1.29, 1.82) is 5.26 Å². The molecule has 2 rings (SSSR count). The summed E-state index contributed by atoms with van der Waals surface area (Å²) in [6.45, 7) is 0. The minimum Gasteiger partial charge on any atom is -0.350 e. The fourth-order valence-corrected chi connectivity index (χ4v) is 1.99. The second-order valence-corrected chi connectivity index (χ2v) is 4.35. The number of hydrogen-bond donors (Lipinski definition) is 1. The number of nitriles is 1. The number of carbonyl (C=O) groups excluding carboxylic acids is 2. The maximum atomic E-state index is 11.7. The van der Waals surface area contributed by atoms with E-state index in [1.54, 1.807) is 0 Å². The van der Waals surface area contributed by atoms with E-state index in [0.29, 0.717) is 11.3 Å². The third kappa shape index (κ3) is 2.93. The summed E-state index contributed by atoms with van der Waals surface area (Å²) in [6, 6.07) is 12.8. The van der Waals surface area contributed by atoms with Crippen LogP contribution in [0.1, 0.15) is 12.0 Å². The minimum absolute atomic E-state index is 0.0643. The lowest BCUT2D eigenvalue weighted by Crippen LogP contribution is -2.36. The predicted octanol–water partition coefficient (Wildman–Crippen LogP) is 2.16. The zero-order valence-corrected chi connectivity index (χ0v) is 10.7. The third-order valence-electron chi connectivity index (χ3n) is 3.01. The van der Waals surface area contributed by atoms with Gasteiger partial charge < -0.3 is 5.73 Å². The number of aryl methyl sites for hydroxylation is 1. The average molecular weight is 267 g/mol. The minimum atomic E-state index is -1.05. The van der Waals surface area contributed by atoms with E-state index in [1.165, 1.54) is 6.19 Å². The molecule has 2 N–H and O–H groups in total. The van der Waals surface area contributed by atoms with E-state index in [4.69, 9.17) is 11.0 Å². The zero-order chi connectivity index (χ0) is 14.5. The number of amides is 3. The second kappa shape index (κ2) is 5.85. The summed E-state index contributed by atoms with van der Waals surface area (Å²) in [5.41, 5.74) is 5.91. The highest BCUT2D eigenvalue weighted by Gasteiger charge is 2.17. The summed E-state index contributed by atoms with van der Waals surface area (Å²) in [5, 5.41) is 10.9. The first-order valence-corrected chi connectivity index (χ1v) is 6.11. The van der Waals surface area contributed by atoms with Gasteiger partial charge in [-0.15, -0.1) is 0 Å². The van der Waals surface area contributed by atoms with E-state index in [2.05, 4.69) is 0 Å². The van der Waals surface area contributed by atoms with E-state index in [-0.39, 0.29) is 6.42 Å². The molecule has 0 aliphatic carbocycles. The van der Waals surface area contributed by atoms with Crippen molar-refractivity contribution in [2.24, 2.45) is 5.73 Å². The number of hydrogen-bond acceptors (Lipinski definition) is 3. The summed E-state index contributed by atoms with van der Waals surface area (Å²) >= 11 is 0. The number of benzene rings is 2. The van der Waals surface area contributed by atoms with Gasteiger partial charge in [-0.25, -0.2) is 4.79 Å². The Morgan fingerprint density at radius 2 is 1.85 bits per heavy atom. The Bertz CT molecular complexity index is 704. The van der Waals surface area contributed by atoms with Crippen molar-refractivity contribution < 1.29 is 9.59 Å². The summed E-state index contributed by atoms with van der Waals surface area (Å²) in [7, 11) is 0. The number of imide groups is 1. The van der Waals surface area contributed by atoms with Crippen molar-refractivity contribution >= 4 is 22.7 Å². The summed E-state index contributed by atoms with van der Waals surface area (Å²) in [4.78, 5) is 22.9. The summed E-state index contributed by atoms with van der Waals surface area (Å²) in [6.07, 6.45) is 1.99. The van der Waals surface area contributed by atoms with Gasteiger partial charge in [-0.1, -0.05) is 42.5 Å². The van der Waals surface area contributed by atoms with Crippen LogP contribution in [0.4, 0.5) is 4.79 Å². The van der Waals surface area contributed by atoms with Crippen molar-refractivity contribution in [1.82, 2.24) is 4.90 Å². The molecule has 0 radical (unpaired) electrons. The van der Waals surface area contributed by atoms with Gasteiger partial charge in [0.1, 0.15) is 0 Å². The first-order valence-electron chi connectivity index (χ1n) is 6.11. The maximum Gasteiger partial charge on any atom is 0.335 e. The molecule has 5 heteroatoms. The highest BCUT2D eigenvalue weighted by molar-refractivity contribution is 5.95. The molecule has 0 atom stereocenters. The Hall–Kier alpha value is -2.87. The molecule has 0 saturated carbocycles. The van der Waals surface area contributed by atoms with Gasteiger partial charge >= 0.3 is 6.03 Å². The van der Waals surface area contributed by atoms with Gasteiger partial charge in [-0.2, -0.15) is 10.2 Å². The highest BCUT2D eigenvalue weighted by Crippen LogP contribution is 2.16. The smallest absolute Gasteiger partial charge is 0.335 e. The molecule has 0 aliphatic rings. The van der Waals surface area contributed by atoms with Crippen LogP contribution in [0.3, 0.4) is 0 Å². The lowest BCUT2D eigenvalue weighted by molar-refractivity contribution is -0.125. The Kier molecular flexibility index (Phi) is 3.96. The number of fused-ring (bicyclic) bond motifs is 1. The molecule has 0 spiro atoms. The normalized spacial score (nSPS) is 9.95. The predicted molar refractivity (Wildman–Crippen MR) is 74.3 cm³/mol. The Morgan fingerprint density at radius 3 is 2.50 bits per heavy atom. The molecule has 0 bridgehead atoms. The number of primary amides is 1. The molecule has 3 amide bonds. The fraction of sp³-hybridized carbons (Fsp3) is 0.133. The molecule has 2 aromatic rings. The van der Waals surface area contributed by atoms with Crippen molar-refractivity contribution in [3.05, 3.63) is 48.0 Å². The van der Waals surface area contributed by atoms with Gasteiger partial charge in [0, 0.05) is 6.42 Å². The molecule has 20 heavy (non-hydrogen) atoms. The van der Waals surface area contributed by atoms with E-state index in [1.807, 2.05) is 42.5 Å². The van der Waals surface area contributed by atoms with Crippen LogP contribution < -0.4 is 5.73 Å². The average Bonchev–Trinajstić information content (AvgIpc) is 2.45. The molecule has 0 aliphatic heterocycles. The number of nitrogens with two attached hydrogens (primary N) is 1. The van der Waals surface area contributed by atoms with Crippen LogP contribution in [-0.4, -0.2) is 16.8 Å². The second-order valence-electron chi connectivity index (χ2n) is 4.35. The van der Waals surface area contributed by atoms with Crippen molar-refractivity contribution in [3.8, 4) is 6.19 Å². The van der Waals surface area contributed by atoms with Crippen LogP contribution in [0.5, 0.6) is 0 Å². The first-order chi connectivity index (χ1) is 9.61. The Balaban J connectivity index is 2.08. The molecule has 0 saturated heterocycles. The van der Waals surface area contributed by atoms with Crippen LogP contribution in [0.25, 0.3) is 10.8 Å². The third-order valence-corrected chi connectivity index (χ3v) is 3.01. The lowest BCUT2D eigenvalue weighted by atomic mass is 10.0. The standard InChI is InChI=1S/C15H13N3O2/c16-10-18(15(17)20)14(19)8-6-11-5-7-12-3-1-2-4-13(12)9-11/h1-5,7,9H,6,8H2,(H2,17,20). The molecule has 100 valence electrons. The highest BCUT2D eigenvalue weighted by atomic mass is 16.2. The molecule has 2 aromatic carbocycles. The molecular weight excluding hydrogens is 254 g/mol. The zero-order valence-electron chi connectivity index (χ0n) is 10.7. The topological polar surface area (TPSA) is 87.2 Å². The van der Waals surface area contributed by atoms with E-state index >= 15 is 0 Å². The van der Waals surface area contributed by atoms with E-state index in [9.17, 15) is 9.59 Å². The number of carbonyl (C=O) groups is 2. The van der Waals surface area contributed by atoms with Crippen LogP contribution in [0.2, 0.25) is 0 Å². The van der Waals surface area contributed by atoms with E-state index < -0.39 is 11.9 Å². The summed E-state index contributed by atoms with van der Waals surface area (Å²) in [5.74, 6) is -0.590. The van der Waals surface area contributed by atoms with Crippen molar-refractivity contribution in [2.45, 2.75) is 12.8 Å². The number of nitrogens with zero attached hydrogens (tertiary/aromatic N) is 2. The Morgan fingerprint density at radius 1 is 1.15 bits per heavy atom. The van der Waals surface area contributed by atoms with Gasteiger partial charge in [0.25, 0.3) is 0 Å². The van der Waals surface area contributed by atoms with Gasteiger partial charge in [0.2, 0.25) is 5.91 Å². The molecule has 0 heterocycles. The quantitative estimate of drug-likeness (QED) is 0.682. The van der Waals surface area contributed by atoms with Crippen LogP contribution in [-0.2, 0) is 11.2 Å². The van der Waals surface area contributed by atoms with E-state index in [0.717, 1.165) is 16.3 Å². The molecule has 5 nitrogen and oxygen atoms in total. The van der Waals surface area contributed by atoms with Gasteiger partial charge in [0.15, 0.2) is 6.19 Å². The van der Waals surface area contributed by atoms with Crippen LogP contribution in [0.15, 0.2) is 42.5 Å². The lowest BCUT2D eigenvalue weighted by Gasteiger charge is -2.08. The fourth-order valence-electron chi connectivity index (χ4n) is 1.99. The van der Waals surface area contributed by atoms with Crippen molar-refractivity contribution in [3.63, 3.8) is 0 Å². The largest absolute Gasteiger partial charge is 0.350 e. The molecular formula is C15H13N3O2. The monoisotopic (exact) mass is 267 g/mol. The van der Waals surface area contributed by atoms with Crippen molar-refractivity contribution in [2.75, 3.05) is 0 Å². The maximum absolute atomic E-state index is 11.7. The van der Waals surface area contributed by atoms with Gasteiger partial charge in [-0.05, 0) is 22.8 Å². The van der Waals surface area contributed by atoms with Crippen LogP contribution >= 0.6 is 0 Å². The SMILES string of the molecule is N#CN(C(N)=O)C(=O)CCc1ccc2ccccc2c1. The molecule has 0 unspecified atom stereocenters. The van der Waals surface area contributed by atoms with Gasteiger partial charge in [-0.3, -0.25) is 4.79 Å². The molecule has 0 fully saturated rings. The number of rotatable bonds is 3. The Labute approximate surface area is 116 Å². The van der Waals surface area contributed by atoms with Gasteiger partial charge in [0.05, 0.1) is 0 Å². The molecule has 0 aromatic heterocycles. The van der Waals surface area contributed by atoms with Crippen LogP contribution in [0, 0.1) is 11.5 Å². The number of urea groups is 1. The summed E-state index contributed by atoms with van der Waals surface area (Å²) < 4.78 is 0. The first kappa shape index (κ1) is 13.6.